The molecule has 0 radical (unpaired) electrons. The van der Waals surface area contributed by atoms with Crippen molar-refractivity contribution >= 4 is 0 Å². The van der Waals surface area contributed by atoms with Crippen molar-refractivity contribution in [2.45, 2.75) is 176 Å². The van der Waals surface area contributed by atoms with Crippen LogP contribution in [0.25, 0.3) is 0 Å². The molecular weight excluding hydrogens is 677 g/mol. The zero-order valence-corrected chi connectivity index (χ0v) is 37.3. The number of hydrogen-bond acceptors (Lipinski definition) is 4. The van der Waals surface area contributed by atoms with Gasteiger partial charge in [0, 0.05) is 22.5 Å². The Balaban J connectivity index is 2.54. The lowest BCUT2D eigenvalue weighted by atomic mass is 9.56. The lowest BCUT2D eigenvalue weighted by molar-refractivity contribution is 0.364. The monoisotopic (exact) mass is 749 g/mol. The number of phenolic OH excluding ortho intramolecular Hbond substituents is 4. The van der Waals surface area contributed by atoms with E-state index in [0.29, 0.717) is 17.9 Å². The Labute approximate surface area is 334 Å². The lowest BCUT2D eigenvalue weighted by Gasteiger charge is -2.46. The van der Waals surface area contributed by atoms with Crippen molar-refractivity contribution in [1.82, 2.24) is 0 Å². The Morgan fingerprint density at radius 2 is 0.745 bits per heavy atom. The molecule has 0 aliphatic carbocycles. The van der Waals surface area contributed by atoms with E-state index in [9.17, 15) is 20.4 Å². The fraction of sp³-hybridized carbons (Fsp3) is 0.529. The molecule has 0 aliphatic rings. The predicted octanol–water partition coefficient (Wildman–Crippen LogP) is 13.6. The summed E-state index contributed by atoms with van der Waals surface area (Å²) in [7, 11) is 0. The number of aromatic hydroxyl groups is 4. The third kappa shape index (κ3) is 8.59. The van der Waals surface area contributed by atoms with Crippen LogP contribution in [0.15, 0.2) is 48.5 Å². The summed E-state index contributed by atoms with van der Waals surface area (Å²) in [5.74, 6) is 0.471. The summed E-state index contributed by atoms with van der Waals surface area (Å²) in [5.41, 5.74) is 8.02. The number of rotatable bonds is 9. The topological polar surface area (TPSA) is 80.9 Å². The van der Waals surface area contributed by atoms with Crippen LogP contribution < -0.4 is 0 Å². The molecule has 4 nitrogen and oxygen atoms in total. The average Bonchev–Trinajstić information content (AvgIpc) is 3.02. The number of phenols is 4. The molecule has 0 heterocycles. The number of benzene rings is 4. The van der Waals surface area contributed by atoms with Gasteiger partial charge in [-0.2, -0.15) is 0 Å². The molecule has 4 N–H and O–H groups in total. The summed E-state index contributed by atoms with van der Waals surface area (Å²) < 4.78 is 0. The highest BCUT2D eigenvalue weighted by Crippen LogP contribution is 2.59. The predicted molar refractivity (Wildman–Crippen MR) is 233 cm³/mol. The molecule has 0 saturated carbocycles. The quantitative estimate of drug-likeness (QED) is 0.129. The lowest BCUT2D eigenvalue weighted by Crippen LogP contribution is -2.38. The summed E-state index contributed by atoms with van der Waals surface area (Å²) in [6.45, 7) is 36.0. The Hall–Kier alpha value is -3.92. The summed E-state index contributed by atoms with van der Waals surface area (Å²) >= 11 is 0. The molecule has 0 aromatic heterocycles. The van der Waals surface area contributed by atoms with Gasteiger partial charge in [0.15, 0.2) is 0 Å². The minimum Gasteiger partial charge on any atom is -0.507 e. The second kappa shape index (κ2) is 15.2. The molecule has 4 rings (SSSR count). The second-order valence-corrected chi connectivity index (χ2v) is 20.7. The van der Waals surface area contributed by atoms with Gasteiger partial charge in [-0.15, -0.1) is 0 Å². The van der Waals surface area contributed by atoms with Crippen molar-refractivity contribution in [2.75, 3.05) is 0 Å². The van der Waals surface area contributed by atoms with Gasteiger partial charge in [-0.1, -0.05) is 169 Å². The van der Waals surface area contributed by atoms with Crippen LogP contribution in [0.5, 0.6) is 23.0 Å². The van der Waals surface area contributed by atoms with Gasteiger partial charge in [-0.25, -0.2) is 0 Å². The maximum absolute atomic E-state index is 12.4. The smallest absolute Gasteiger partial charge is 0.123 e. The van der Waals surface area contributed by atoms with Crippen molar-refractivity contribution in [3.8, 4) is 23.0 Å². The Kier molecular flexibility index (Phi) is 12.1. The van der Waals surface area contributed by atoms with Crippen molar-refractivity contribution < 1.29 is 20.4 Å². The number of hydrogen-bond donors (Lipinski definition) is 4. The van der Waals surface area contributed by atoms with E-state index in [-0.39, 0.29) is 11.5 Å². The summed E-state index contributed by atoms with van der Waals surface area (Å²) in [6, 6.07) is 17.1. The van der Waals surface area contributed by atoms with Crippen LogP contribution in [-0.4, -0.2) is 20.4 Å². The zero-order chi connectivity index (χ0) is 41.8. The Morgan fingerprint density at radius 1 is 0.436 bits per heavy atom. The highest BCUT2D eigenvalue weighted by Gasteiger charge is 2.48. The largest absolute Gasteiger partial charge is 0.507 e. The van der Waals surface area contributed by atoms with E-state index in [0.717, 1.165) is 86.0 Å². The Morgan fingerprint density at radius 3 is 1.02 bits per heavy atom. The van der Waals surface area contributed by atoms with Crippen LogP contribution in [0.4, 0.5) is 0 Å². The molecule has 55 heavy (non-hydrogen) atoms. The van der Waals surface area contributed by atoms with Gasteiger partial charge in [0.25, 0.3) is 0 Å². The molecule has 0 amide bonds. The van der Waals surface area contributed by atoms with Crippen LogP contribution >= 0.6 is 0 Å². The molecule has 0 bridgehead atoms. The van der Waals surface area contributed by atoms with Crippen LogP contribution in [0.1, 0.15) is 188 Å². The minimum absolute atomic E-state index is 0.214. The molecule has 4 aromatic rings. The average molecular weight is 749 g/mol. The first-order valence-corrected chi connectivity index (χ1v) is 20.4. The SMILES string of the molecule is CCCCCC(c1cc(C(C)(C)C)c(O)c(C(C)(C)C)c1)(c1cc(C(C)(C)C)c(O)c(C(C)(C)C)c1)C(c1cc(C)cc(C)c1O)c1cc(C)cc(C)c1O. The van der Waals surface area contributed by atoms with Crippen LogP contribution in [0, 0.1) is 27.7 Å². The molecule has 4 heteroatoms. The standard InChI is InChI=1S/C51H72O4/c1-18-19-20-21-51(34-26-38(47(6,7)8)45(54)39(27-34)48(9,10)11,35-28-40(49(12,13)14)46(55)41(29-35)50(15,16)17)42(36-24-30(2)22-32(4)43(36)52)37-25-31(3)23-33(5)44(37)53/h22-29,42,52-55H,18-21H2,1-17H3. The first-order valence-electron chi connectivity index (χ1n) is 20.4. The highest BCUT2D eigenvalue weighted by atomic mass is 16.3. The van der Waals surface area contributed by atoms with Gasteiger partial charge in [0.1, 0.15) is 23.0 Å². The van der Waals surface area contributed by atoms with Crippen molar-refractivity contribution in [3.63, 3.8) is 0 Å². The molecule has 0 unspecified atom stereocenters. The van der Waals surface area contributed by atoms with Crippen molar-refractivity contribution in [2.24, 2.45) is 0 Å². The summed E-state index contributed by atoms with van der Waals surface area (Å²) in [6.07, 6.45) is 3.55. The van der Waals surface area contributed by atoms with E-state index in [1.807, 2.05) is 26.0 Å². The molecular formula is C51H72O4. The molecule has 0 fully saturated rings. The molecule has 4 aromatic carbocycles. The normalized spacial score (nSPS) is 13.2. The molecule has 0 saturated heterocycles. The van der Waals surface area contributed by atoms with Crippen LogP contribution in [-0.2, 0) is 27.1 Å². The molecule has 0 spiro atoms. The first-order chi connectivity index (χ1) is 25.1. The maximum Gasteiger partial charge on any atom is 0.123 e. The highest BCUT2D eigenvalue weighted by molar-refractivity contribution is 5.64. The van der Waals surface area contributed by atoms with E-state index in [1.54, 1.807) is 0 Å². The van der Waals surface area contributed by atoms with Crippen molar-refractivity contribution in [3.05, 3.63) is 115 Å². The Bertz CT molecular complexity index is 1830. The van der Waals surface area contributed by atoms with Crippen LogP contribution in [0.2, 0.25) is 0 Å². The summed E-state index contributed by atoms with van der Waals surface area (Å²) in [5, 5.41) is 49.1. The minimum atomic E-state index is -0.911. The van der Waals surface area contributed by atoms with Crippen molar-refractivity contribution in [1.29, 1.82) is 0 Å². The van der Waals surface area contributed by atoms with E-state index in [4.69, 9.17) is 0 Å². The molecule has 300 valence electrons. The first kappa shape index (κ1) is 43.8. The summed E-state index contributed by atoms with van der Waals surface area (Å²) in [4.78, 5) is 0. The van der Waals surface area contributed by atoms with E-state index >= 15 is 0 Å². The van der Waals surface area contributed by atoms with Gasteiger partial charge in [-0.05, 0) is 100 Å². The van der Waals surface area contributed by atoms with Gasteiger partial charge in [-0.3, -0.25) is 0 Å². The van der Waals surface area contributed by atoms with E-state index < -0.39 is 33.0 Å². The fourth-order valence-corrected chi connectivity index (χ4v) is 8.78. The fourth-order valence-electron chi connectivity index (χ4n) is 8.78. The van der Waals surface area contributed by atoms with Gasteiger partial charge in [0.05, 0.1) is 0 Å². The van der Waals surface area contributed by atoms with Gasteiger partial charge in [0.2, 0.25) is 0 Å². The van der Waals surface area contributed by atoms with Gasteiger partial charge >= 0.3 is 0 Å². The third-order valence-corrected chi connectivity index (χ3v) is 11.7. The molecule has 0 atom stereocenters. The van der Waals surface area contributed by atoms with Gasteiger partial charge < -0.3 is 20.4 Å². The number of aryl methyl sites for hydroxylation is 4. The van der Waals surface area contributed by atoms with E-state index in [2.05, 4.69) is 140 Å². The van der Waals surface area contributed by atoms with Crippen LogP contribution in [0.3, 0.4) is 0 Å². The zero-order valence-electron chi connectivity index (χ0n) is 37.3. The second-order valence-electron chi connectivity index (χ2n) is 20.7. The number of unbranched alkanes of at least 4 members (excludes halogenated alkanes) is 2. The van der Waals surface area contributed by atoms with E-state index in [1.165, 1.54) is 0 Å². The third-order valence-electron chi connectivity index (χ3n) is 11.7. The maximum atomic E-state index is 12.4. The molecule has 0 aliphatic heterocycles.